The number of aliphatic imine (C=N–C) groups is 1. The van der Waals surface area contributed by atoms with Crippen molar-refractivity contribution in [2.75, 3.05) is 32.0 Å². The molecule has 2 aromatic carbocycles. The smallest absolute Gasteiger partial charge is 0.321 e. The summed E-state index contributed by atoms with van der Waals surface area (Å²) in [6.45, 7) is 3.05. The van der Waals surface area contributed by atoms with Crippen LogP contribution in [-0.2, 0) is 13.0 Å². The van der Waals surface area contributed by atoms with Crippen molar-refractivity contribution < 1.29 is 4.79 Å². The molecule has 0 spiro atoms. The van der Waals surface area contributed by atoms with Gasteiger partial charge in [-0.25, -0.2) is 4.79 Å². The number of guanidine groups is 1. The molecule has 7 heteroatoms. The molecule has 1 aliphatic heterocycles. The van der Waals surface area contributed by atoms with E-state index in [1.807, 2.05) is 47.4 Å². The molecular formula is C22H28ClN5O. The largest absolute Gasteiger partial charge is 0.356 e. The molecule has 1 heterocycles. The molecule has 0 unspecified atom stereocenters. The van der Waals surface area contributed by atoms with Gasteiger partial charge in [0.25, 0.3) is 0 Å². The van der Waals surface area contributed by atoms with Crippen LogP contribution in [0.2, 0.25) is 5.02 Å². The van der Waals surface area contributed by atoms with Gasteiger partial charge in [0.15, 0.2) is 5.96 Å². The van der Waals surface area contributed by atoms with Gasteiger partial charge in [0.2, 0.25) is 0 Å². The Hall–Kier alpha value is -2.73. The Labute approximate surface area is 177 Å². The fourth-order valence-electron chi connectivity index (χ4n) is 3.31. The van der Waals surface area contributed by atoms with Gasteiger partial charge in [0.05, 0.1) is 0 Å². The lowest BCUT2D eigenvalue weighted by molar-refractivity contribution is 0.222. The zero-order valence-electron chi connectivity index (χ0n) is 16.7. The van der Waals surface area contributed by atoms with Gasteiger partial charge in [-0.2, -0.15) is 0 Å². The molecule has 0 aromatic heterocycles. The van der Waals surface area contributed by atoms with E-state index >= 15 is 0 Å². The Morgan fingerprint density at radius 1 is 1.07 bits per heavy atom. The first-order valence-electron chi connectivity index (χ1n) is 9.98. The van der Waals surface area contributed by atoms with Crippen LogP contribution in [0.1, 0.15) is 24.0 Å². The Morgan fingerprint density at radius 3 is 2.59 bits per heavy atom. The van der Waals surface area contributed by atoms with Crippen LogP contribution in [0.5, 0.6) is 0 Å². The fourth-order valence-corrected chi connectivity index (χ4v) is 3.52. The molecule has 6 nitrogen and oxygen atoms in total. The molecule has 1 saturated heterocycles. The minimum atomic E-state index is -0.0221. The lowest BCUT2D eigenvalue weighted by Crippen LogP contribution is -2.37. The van der Waals surface area contributed by atoms with Gasteiger partial charge in [-0.3, -0.25) is 4.99 Å². The average molecular weight is 414 g/mol. The molecular weight excluding hydrogens is 386 g/mol. The average Bonchev–Trinajstić information content (AvgIpc) is 3.26. The number of anilines is 1. The van der Waals surface area contributed by atoms with E-state index in [4.69, 9.17) is 11.6 Å². The third-order valence-electron chi connectivity index (χ3n) is 4.85. The molecule has 3 N–H and O–H groups in total. The summed E-state index contributed by atoms with van der Waals surface area (Å²) in [5, 5.41) is 10.4. The maximum absolute atomic E-state index is 12.3. The topological polar surface area (TPSA) is 68.8 Å². The van der Waals surface area contributed by atoms with Crippen LogP contribution < -0.4 is 16.0 Å². The second-order valence-corrected chi connectivity index (χ2v) is 7.49. The summed E-state index contributed by atoms with van der Waals surface area (Å²) in [7, 11) is 1.75. The Balaban J connectivity index is 1.45. The van der Waals surface area contributed by atoms with Crippen LogP contribution in [0, 0.1) is 0 Å². The molecule has 0 atom stereocenters. The van der Waals surface area contributed by atoms with Crippen LogP contribution >= 0.6 is 11.6 Å². The first-order valence-corrected chi connectivity index (χ1v) is 10.4. The number of nitrogens with one attached hydrogen (secondary N) is 3. The number of carbonyl (C=O) groups excluding carboxylic acids is 1. The highest BCUT2D eigenvalue weighted by atomic mass is 35.5. The molecule has 2 amide bonds. The Morgan fingerprint density at radius 2 is 1.83 bits per heavy atom. The predicted octanol–water partition coefficient (Wildman–Crippen LogP) is 3.88. The van der Waals surface area contributed by atoms with E-state index < -0.39 is 0 Å². The number of hydrogen-bond acceptors (Lipinski definition) is 2. The van der Waals surface area contributed by atoms with E-state index in [0.29, 0.717) is 6.54 Å². The second kappa shape index (κ2) is 10.7. The maximum atomic E-state index is 12.3. The summed E-state index contributed by atoms with van der Waals surface area (Å²) in [4.78, 5) is 18.4. The number of amides is 2. The van der Waals surface area contributed by atoms with E-state index in [2.05, 4.69) is 27.0 Å². The Kier molecular flexibility index (Phi) is 7.76. The van der Waals surface area contributed by atoms with Crippen molar-refractivity contribution >= 4 is 29.3 Å². The highest BCUT2D eigenvalue weighted by Crippen LogP contribution is 2.14. The van der Waals surface area contributed by atoms with Crippen molar-refractivity contribution in [2.24, 2.45) is 4.99 Å². The quantitative estimate of drug-likeness (QED) is 0.497. The first kappa shape index (κ1) is 21.0. The molecule has 29 heavy (non-hydrogen) atoms. The summed E-state index contributed by atoms with van der Waals surface area (Å²) >= 11 is 6.03. The first-order chi connectivity index (χ1) is 14.1. The number of urea groups is 1. The summed E-state index contributed by atoms with van der Waals surface area (Å²) < 4.78 is 0. The maximum Gasteiger partial charge on any atom is 0.321 e. The number of carbonyl (C=O) groups is 1. The molecule has 1 aliphatic rings. The van der Waals surface area contributed by atoms with Crippen molar-refractivity contribution in [1.29, 1.82) is 0 Å². The highest BCUT2D eigenvalue weighted by molar-refractivity contribution is 6.30. The molecule has 2 aromatic rings. The van der Waals surface area contributed by atoms with Crippen molar-refractivity contribution in [1.82, 2.24) is 15.5 Å². The SMILES string of the molecule is CN=C(NCCc1cccc(Cl)c1)NCc1cccc(NC(=O)N2CCCC2)c1. The van der Waals surface area contributed by atoms with E-state index in [1.165, 1.54) is 5.56 Å². The monoisotopic (exact) mass is 413 g/mol. The normalized spacial score (nSPS) is 14.0. The number of likely N-dealkylation sites (tertiary alicyclic amines) is 1. The lowest BCUT2D eigenvalue weighted by atomic mass is 10.1. The minimum absolute atomic E-state index is 0.0221. The van der Waals surface area contributed by atoms with Gasteiger partial charge >= 0.3 is 6.03 Å². The highest BCUT2D eigenvalue weighted by Gasteiger charge is 2.17. The second-order valence-electron chi connectivity index (χ2n) is 7.06. The molecule has 154 valence electrons. The minimum Gasteiger partial charge on any atom is -0.356 e. The third kappa shape index (κ3) is 6.68. The lowest BCUT2D eigenvalue weighted by Gasteiger charge is -2.17. The molecule has 0 saturated carbocycles. The van der Waals surface area contributed by atoms with Crippen molar-refractivity contribution in [3.8, 4) is 0 Å². The zero-order valence-corrected chi connectivity index (χ0v) is 17.5. The van der Waals surface area contributed by atoms with Gasteiger partial charge in [0, 0.05) is 43.9 Å². The number of rotatable bonds is 6. The van der Waals surface area contributed by atoms with Crippen LogP contribution in [0.3, 0.4) is 0 Å². The van der Waals surface area contributed by atoms with E-state index in [-0.39, 0.29) is 6.03 Å². The van der Waals surface area contributed by atoms with Crippen LogP contribution in [0.25, 0.3) is 0 Å². The van der Waals surface area contributed by atoms with E-state index in [1.54, 1.807) is 7.05 Å². The molecule has 0 aliphatic carbocycles. The fraction of sp³-hybridized carbons (Fsp3) is 0.364. The van der Waals surface area contributed by atoms with E-state index in [9.17, 15) is 4.79 Å². The molecule has 0 bridgehead atoms. The number of nitrogens with zero attached hydrogens (tertiary/aromatic N) is 2. The van der Waals surface area contributed by atoms with Gasteiger partial charge in [0.1, 0.15) is 0 Å². The number of benzene rings is 2. The Bertz CT molecular complexity index is 849. The van der Waals surface area contributed by atoms with Crippen LogP contribution in [0.4, 0.5) is 10.5 Å². The molecule has 3 rings (SSSR count). The van der Waals surface area contributed by atoms with Crippen molar-refractivity contribution in [3.63, 3.8) is 0 Å². The predicted molar refractivity (Wildman–Crippen MR) is 120 cm³/mol. The van der Waals surface area contributed by atoms with Gasteiger partial charge in [-0.15, -0.1) is 0 Å². The summed E-state index contributed by atoms with van der Waals surface area (Å²) in [6, 6.07) is 15.7. The standard InChI is InChI=1S/C22H28ClN5O/c1-24-21(25-11-10-17-6-4-8-19(23)14-17)26-16-18-7-5-9-20(15-18)27-22(29)28-12-2-3-13-28/h4-9,14-15H,2-3,10-13,16H2,1H3,(H,27,29)(H2,24,25,26). The van der Waals surface area contributed by atoms with Crippen LogP contribution in [0.15, 0.2) is 53.5 Å². The van der Waals surface area contributed by atoms with Gasteiger partial charge < -0.3 is 20.9 Å². The summed E-state index contributed by atoms with van der Waals surface area (Å²) in [5.74, 6) is 0.735. The van der Waals surface area contributed by atoms with Crippen LogP contribution in [-0.4, -0.2) is 43.6 Å². The summed E-state index contributed by atoms with van der Waals surface area (Å²) in [5.41, 5.74) is 3.06. The summed E-state index contributed by atoms with van der Waals surface area (Å²) in [6.07, 6.45) is 3.03. The van der Waals surface area contributed by atoms with Gasteiger partial charge in [-0.05, 0) is 54.7 Å². The third-order valence-corrected chi connectivity index (χ3v) is 5.09. The molecule has 0 radical (unpaired) electrons. The van der Waals surface area contributed by atoms with Crippen molar-refractivity contribution in [3.05, 3.63) is 64.7 Å². The van der Waals surface area contributed by atoms with E-state index in [0.717, 1.165) is 61.1 Å². The number of hydrogen-bond donors (Lipinski definition) is 3. The zero-order chi connectivity index (χ0) is 20.5. The number of halogens is 1. The molecule has 1 fully saturated rings. The van der Waals surface area contributed by atoms with Gasteiger partial charge in [-0.1, -0.05) is 35.9 Å². The van der Waals surface area contributed by atoms with Crippen molar-refractivity contribution in [2.45, 2.75) is 25.8 Å².